The Morgan fingerprint density at radius 2 is 2.11 bits per heavy atom. The average molecular weight is 313 g/mol. The number of aromatic nitrogens is 1. The molecule has 0 radical (unpaired) electrons. The van der Waals surface area contributed by atoms with E-state index in [1.54, 1.807) is 6.07 Å². The van der Waals surface area contributed by atoms with Crippen LogP contribution in [0.5, 0.6) is 11.6 Å². The molecule has 1 heterocycles. The van der Waals surface area contributed by atoms with Crippen molar-refractivity contribution in [3.05, 3.63) is 56.9 Å². The minimum atomic E-state index is -0.706. The zero-order chi connectivity index (χ0) is 13.1. The number of halogens is 2. The lowest BCUT2D eigenvalue weighted by atomic mass is 10.3. The van der Waals surface area contributed by atoms with Gasteiger partial charge in [0.05, 0.1) is 4.92 Å². The molecule has 2 aromatic rings. The molecule has 0 aliphatic heterocycles. The number of hydrogen-bond donors (Lipinski definition) is 0. The Labute approximate surface area is 110 Å². The molecular formula is C11H6BrFN2O3. The van der Waals surface area contributed by atoms with Crippen LogP contribution in [0, 0.1) is 15.9 Å². The average Bonchev–Trinajstić information content (AvgIpc) is 2.33. The van der Waals surface area contributed by atoms with Crippen LogP contribution in [0.25, 0.3) is 0 Å². The molecule has 0 saturated heterocycles. The normalized spacial score (nSPS) is 10.1. The van der Waals surface area contributed by atoms with Gasteiger partial charge in [0.2, 0.25) is 5.75 Å². The van der Waals surface area contributed by atoms with Crippen molar-refractivity contribution in [2.24, 2.45) is 0 Å². The third-order valence-electron chi connectivity index (χ3n) is 2.04. The summed E-state index contributed by atoms with van der Waals surface area (Å²) in [6, 6.07) is 6.86. The predicted molar refractivity (Wildman–Crippen MR) is 65.1 cm³/mol. The van der Waals surface area contributed by atoms with Crippen molar-refractivity contribution in [2.75, 3.05) is 0 Å². The van der Waals surface area contributed by atoms with E-state index >= 15 is 0 Å². The SMILES string of the molecule is O=[N+]([O-])c1ccccc1Oc1ncc(Br)cc1F. The van der Waals surface area contributed by atoms with E-state index < -0.39 is 10.7 Å². The number of pyridine rings is 1. The molecule has 0 fully saturated rings. The van der Waals surface area contributed by atoms with Crippen LogP contribution in [0.2, 0.25) is 0 Å². The first kappa shape index (κ1) is 12.4. The van der Waals surface area contributed by atoms with E-state index in [2.05, 4.69) is 20.9 Å². The summed E-state index contributed by atoms with van der Waals surface area (Å²) in [6.07, 6.45) is 1.34. The lowest BCUT2D eigenvalue weighted by Crippen LogP contribution is -1.96. The smallest absolute Gasteiger partial charge is 0.311 e. The third-order valence-corrected chi connectivity index (χ3v) is 2.48. The maximum absolute atomic E-state index is 13.5. The molecule has 0 amide bonds. The molecule has 1 aromatic heterocycles. The van der Waals surface area contributed by atoms with Gasteiger partial charge in [0.25, 0.3) is 5.88 Å². The van der Waals surface area contributed by atoms with Crippen molar-refractivity contribution in [2.45, 2.75) is 0 Å². The Hall–Kier alpha value is -2.02. The van der Waals surface area contributed by atoms with Crippen molar-refractivity contribution < 1.29 is 14.1 Å². The van der Waals surface area contributed by atoms with Gasteiger partial charge in [-0.05, 0) is 28.1 Å². The van der Waals surface area contributed by atoms with Gasteiger partial charge in [0, 0.05) is 16.7 Å². The van der Waals surface area contributed by atoms with Gasteiger partial charge in [-0.1, -0.05) is 12.1 Å². The zero-order valence-corrected chi connectivity index (χ0v) is 10.4. The number of nitro groups is 1. The second-order valence-corrected chi connectivity index (χ2v) is 4.18. The minimum Gasteiger partial charge on any atom is -0.429 e. The summed E-state index contributed by atoms with van der Waals surface area (Å²) in [5, 5.41) is 10.8. The topological polar surface area (TPSA) is 65.3 Å². The molecule has 0 atom stereocenters. The maximum Gasteiger partial charge on any atom is 0.311 e. The quantitative estimate of drug-likeness (QED) is 0.640. The lowest BCUT2D eigenvalue weighted by molar-refractivity contribution is -0.385. The second kappa shape index (κ2) is 5.09. The van der Waals surface area contributed by atoms with E-state index in [0.29, 0.717) is 4.47 Å². The van der Waals surface area contributed by atoms with Crippen LogP contribution in [-0.4, -0.2) is 9.91 Å². The zero-order valence-electron chi connectivity index (χ0n) is 8.84. The number of nitrogens with zero attached hydrogens (tertiary/aromatic N) is 2. The molecule has 0 spiro atoms. The summed E-state index contributed by atoms with van der Waals surface area (Å²) in [4.78, 5) is 13.9. The van der Waals surface area contributed by atoms with Crippen molar-refractivity contribution in [1.29, 1.82) is 0 Å². The summed E-state index contributed by atoms with van der Waals surface area (Å²) < 4.78 is 19.0. The molecule has 0 bridgehead atoms. The van der Waals surface area contributed by atoms with Crippen LogP contribution in [0.15, 0.2) is 41.0 Å². The largest absolute Gasteiger partial charge is 0.429 e. The maximum atomic E-state index is 13.5. The third kappa shape index (κ3) is 2.62. The van der Waals surface area contributed by atoms with Crippen LogP contribution in [0.1, 0.15) is 0 Å². The molecular weight excluding hydrogens is 307 g/mol. The summed E-state index contributed by atoms with van der Waals surface area (Å²) in [6.45, 7) is 0. The van der Waals surface area contributed by atoms with Crippen molar-refractivity contribution in [3.8, 4) is 11.6 Å². The number of ether oxygens (including phenoxy) is 1. The first-order chi connectivity index (χ1) is 8.58. The highest BCUT2D eigenvalue weighted by molar-refractivity contribution is 9.10. The summed E-state index contributed by atoms with van der Waals surface area (Å²) >= 11 is 3.05. The Bertz CT molecular complexity index is 607. The van der Waals surface area contributed by atoms with Gasteiger partial charge in [0.15, 0.2) is 5.82 Å². The van der Waals surface area contributed by atoms with Crippen LogP contribution in [0.3, 0.4) is 0 Å². The monoisotopic (exact) mass is 312 g/mol. The molecule has 92 valence electrons. The van der Waals surface area contributed by atoms with Crippen LogP contribution in [0.4, 0.5) is 10.1 Å². The van der Waals surface area contributed by atoms with Crippen LogP contribution < -0.4 is 4.74 Å². The van der Waals surface area contributed by atoms with E-state index in [0.717, 1.165) is 6.07 Å². The lowest BCUT2D eigenvalue weighted by Gasteiger charge is -2.05. The molecule has 1 aromatic carbocycles. The molecule has 5 nitrogen and oxygen atoms in total. The molecule has 7 heteroatoms. The predicted octanol–water partition coefficient (Wildman–Crippen LogP) is 3.68. The minimum absolute atomic E-state index is 0.0591. The fourth-order valence-corrected chi connectivity index (χ4v) is 1.58. The molecule has 0 saturated carbocycles. The molecule has 0 aliphatic carbocycles. The number of hydrogen-bond acceptors (Lipinski definition) is 4. The van der Waals surface area contributed by atoms with Gasteiger partial charge in [-0.15, -0.1) is 0 Å². The Morgan fingerprint density at radius 1 is 1.39 bits per heavy atom. The van der Waals surface area contributed by atoms with Crippen molar-refractivity contribution >= 4 is 21.6 Å². The number of nitro benzene ring substituents is 1. The first-order valence-corrected chi connectivity index (χ1v) is 5.59. The van der Waals surface area contributed by atoms with E-state index in [4.69, 9.17) is 4.74 Å². The molecule has 0 unspecified atom stereocenters. The number of benzene rings is 1. The van der Waals surface area contributed by atoms with E-state index in [9.17, 15) is 14.5 Å². The van der Waals surface area contributed by atoms with Gasteiger partial charge < -0.3 is 4.74 Å². The molecule has 0 N–H and O–H groups in total. The van der Waals surface area contributed by atoms with Gasteiger partial charge >= 0.3 is 5.69 Å². The highest BCUT2D eigenvalue weighted by atomic mass is 79.9. The van der Waals surface area contributed by atoms with Crippen LogP contribution in [-0.2, 0) is 0 Å². The molecule has 0 aliphatic rings. The van der Waals surface area contributed by atoms with E-state index in [1.807, 2.05) is 0 Å². The van der Waals surface area contributed by atoms with E-state index in [1.165, 1.54) is 24.4 Å². The summed E-state index contributed by atoms with van der Waals surface area (Å²) in [5.74, 6) is -1.08. The second-order valence-electron chi connectivity index (χ2n) is 3.27. The van der Waals surface area contributed by atoms with Gasteiger partial charge in [-0.25, -0.2) is 9.37 Å². The van der Waals surface area contributed by atoms with Gasteiger partial charge in [0.1, 0.15) is 0 Å². The Kier molecular flexibility index (Phi) is 3.52. The number of para-hydroxylation sites is 2. The van der Waals surface area contributed by atoms with Crippen molar-refractivity contribution in [3.63, 3.8) is 0 Å². The fraction of sp³-hybridized carbons (Fsp3) is 0. The molecule has 18 heavy (non-hydrogen) atoms. The number of rotatable bonds is 3. The fourth-order valence-electron chi connectivity index (χ4n) is 1.28. The standard InChI is InChI=1S/C11H6BrFN2O3/c12-7-5-8(13)11(14-6-7)18-10-4-2-1-3-9(10)15(16)17/h1-6H. The highest BCUT2D eigenvalue weighted by Gasteiger charge is 2.16. The summed E-state index contributed by atoms with van der Waals surface area (Å²) in [7, 11) is 0. The first-order valence-electron chi connectivity index (χ1n) is 4.80. The van der Waals surface area contributed by atoms with E-state index in [-0.39, 0.29) is 17.3 Å². The Morgan fingerprint density at radius 3 is 2.78 bits per heavy atom. The van der Waals surface area contributed by atoms with Crippen molar-refractivity contribution in [1.82, 2.24) is 4.98 Å². The summed E-state index contributed by atoms with van der Waals surface area (Å²) in [5.41, 5.74) is -0.249. The highest BCUT2D eigenvalue weighted by Crippen LogP contribution is 2.31. The van der Waals surface area contributed by atoms with Crippen LogP contribution >= 0.6 is 15.9 Å². The molecule has 2 rings (SSSR count). The van der Waals surface area contributed by atoms with Gasteiger partial charge in [-0.3, -0.25) is 10.1 Å². The Balaban J connectivity index is 2.37. The van der Waals surface area contributed by atoms with Gasteiger partial charge in [-0.2, -0.15) is 0 Å².